The molecule has 1 aromatic rings. The van der Waals surface area contributed by atoms with Gasteiger partial charge in [-0.05, 0) is 43.4 Å². The number of methoxy groups -OCH3 is 1. The minimum atomic E-state index is -0.438. The van der Waals surface area contributed by atoms with E-state index in [0.29, 0.717) is 31.8 Å². The number of Topliss-reactive ketones (excluding diaryl/α,β-unsaturated/α-hetero) is 1. The molecule has 0 bridgehead atoms. The second kappa shape index (κ2) is 8.93. The summed E-state index contributed by atoms with van der Waals surface area (Å²) in [5.41, 5.74) is 2.29. The topological polar surface area (TPSA) is 48.0 Å². The van der Waals surface area contributed by atoms with Crippen molar-refractivity contribution in [1.29, 1.82) is 0 Å². The van der Waals surface area contributed by atoms with Crippen LogP contribution in [0.1, 0.15) is 62.5 Å². The molecule has 5 nitrogen and oxygen atoms in total. The summed E-state index contributed by atoms with van der Waals surface area (Å²) < 4.78 is 17.6. The van der Waals surface area contributed by atoms with Gasteiger partial charge >= 0.3 is 0 Å². The van der Waals surface area contributed by atoms with Crippen molar-refractivity contribution in [3.8, 4) is 5.75 Å². The van der Waals surface area contributed by atoms with Crippen LogP contribution in [0, 0.1) is 0 Å². The molecule has 2 aliphatic heterocycles. The van der Waals surface area contributed by atoms with Crippen molar-refractivity contribution < 1.29 is 19.0 Å². The number of aryl methyl sites for hydroxylation is 1. The molecule has 0 N–H and O–H groups in total. The lowest BCUT2D eigenvalue weighted by Gasteiger charge is -2.47. The lowest BCUT2D eigenvalue weighted by atomic mass is 9.89. The Labute approximate surface area is 168 Å². The minimum absolute atomic E-state index is 0.305. The van der Waals surface area contributed by atoms with Crippen LogP contribution in [0.4, 0.5) is 0 Å². The molecule has 0 atom stereocenters. The number of rotatable bonds is 8. The van der Waals surface area contributed by atoms with Gasteiger partial charge in [0, 0.05) is 64.1 Å². The highest BCUT2D eigenvalue weighted by Crippen LogP contribution is 2.39. The van der Waals surface area contributed by atoms with Crippen molar-refractivity contribution in [3.63, 3.8) is 0 Å². The summed E-state index contributed by atoms with van der Waals surface area (Å²) in [5, 5.41) is 0. The van der Waals surface area contributed by atoms with Gasteiger partial charge in [0.15, 0.2) is 0 Å². The summed E-state index contributed by atoms with van der Waals surface area (Å²) in [6.45, 7) is 3.40. The van der Waals surface area contributed by atoms with E-state index in [4.69, 9.17) is 14.2 Å². The maximum atomic E-state index is 12.0. The second-order valence-corrected chi connectivity index (χ2v) is 8.50. The molecule has 1 aromatic carbocycles. The van der Waals surface area contributed by atoms with E-state index >= 15 is 0 Å². The maximum Gasteiger partial charge on any atom is 0.213 e. The summed E-state index contributed by atoms with van der Waals surface area (Å²) in [6.07, 6.45) is 8.76. The molecular weight excluding hydrogens is 354 g/mol. The van der Waals surface area contributed by atoms with E-state index in [-0.39, 0.29) is 0 Å². The zero-order valence-corrected chi connectivity index (χ0v) is 17.1. The largest absolute Gasteiger partial charge is 0.462 e. The number of benzene rings is 1. The number of fused-ring (bicyclic) bond motifs is 1. The first kappa shape index (κ1) is 19.9. The van der Waals surface area contributed by atoms with Crippen LogP contribution in [-0.4, -0.2) is 49.3 Å². The molecule has 2 fully saturated rings. The molecule has 154 valence electrons. The van der Waals surface area contributed by atoms with Crippen molar-refractivity contribution in [2.24, 2.45) is 0 Å². The standard InChI is InChI=1S/C23H33NO4/c1-26-15-3-6-21(25)9-7-18-8-10-22-19(16-18)17-27-23(28-22)11-13-24(14-12-23)20-4-2-5-20/h8,10,16,20H,2-7,9,11-15,17H2,1H3. The van der Waals surface area contributed by atoms with Crippen LogP contribution in [0.15, 0.2) is 18.2 Å². The van der Waals surface area contributed by atoms with E-state index in [9.17, 15) is 4.79 Å². The Morgan fingerprint density at radius 1 is 1.25 bits per heavy atom. The number of carbonyl (C=O) groups excluding carboxylic acids is 1. The summed E-state index contributed by atoms with van der Waals surface area (Å²) in [7, 11) is 1.67. The SMILES string of the molecule is COCCCC(=O)CCc1ccc2c(c1)COC1(CCN(C3CCC3)CC1)O2. The molecular formula is C23H33NO4. The van der Waals surface area contributed by atoms with E-state index in [2.05, 4.69) is 23.1 Å². The van der Waals surface area contributed by atoms with Gasteiger partial charge in [-0.1, -0.05) is 12.5 Å². The minimum Gasteiger partial charge on any atom is -0.462 e. The Bertz CT molecular complexity index is 677. The molecule has 4 rings (SSSR count). The zero-order valence-electron chi connectivity index (χ0n) is 17.1. The van der Waals surface area contributed by atoms with Gasteiger partial charge in [0.2, 0.25) is 5.79 Å². The maximum absolute atomic E-state index is 12.0. The van der Waals surface area contributed by atoms with Crippen molar-refractivity contribution >= 4 is 5.78 Å². The lowest BCUT2D eigenvalue weighted by molar-refractivity contribution is -0.231. The van der Waals surface area contributed by atoms with E-state index in [1.54, 1.807) is 7.11 Å². The predicted molar refractivity (Wildman–Crippen MR) is 107 cm³/mol. The van der Waals surface area contributed by atoms with Crippen LogP contribution in [-0.2, 0) is 27.3 Å². The van der Waals surface area contributed by atoms with Gasteiger partial charge in [-0.25, -0.2) is 0 Å². The van der Waals surface area contributed by atoms with Gasteiger partial charge in [0.05, 0.1) is 6.61 Å². The first-order chi connectivity index (χ1) is 13.7. The van der Waals surface area contributed by atoms with E-state index in [1.165, 1.54) is 24.8 Å². The van der Waals surface area contributed by atoms with Gasteiger partial charge in [-0.2, -0.15) is 0 Å². The first-order valence-electron chi connectivity index (χ1n) is 10.9. The molecule has 5 heteroatoms. The van der Waals surface area contributed by atoms with Crippen LogP contribution in [0.3, 0.4) is 0 Å². The van der Waals surface area contributed by atoms with Gasteiger partial charge < -0.3 is 14.2 Å². The second-order valence-electron chi connectivity index (χ2n) is 8.50. The van der Waals surface area contributed by atoms with Gasteiger partial charge in [0.1, 0.15) is 11.5 Å². The fraction of sp³-hybridized carbons (Fsp3) is 0.696. The fourth-order valence-corrected chi connectivity index (χ4v) is 4.49. The number of nitrogens with zero attached hydrogens (tertiary/aromatic N) is 1. The van der Waals surface area contributed by atoms with Gasteiger partial charge in [0.25, 0.3) is 0 Å². The molecule has 1 saturated heterocycles. The molecule has 0 aromatic heterocycles. The summed E-state index contributed by atoms with van der Waals surface area (Å²) in [5.74, 6) is 0.824. The highest BCUT2D eigenvalue weighted by Gasteiger charge is 2.42. The molecule has 0 unspecified atom stereocenters. The third kappa shape index (κ3) is 4.58. The zero-order chi connectivity index (χ0) is 19.4. The Kier molecular flexibility index (Phi) is 6.34. The molecule has 1 aliphatic carbocycles. The number of ether oxygens (including phenoxy) is 3. The Hall–Kier alpha value is -1.43. The lowest BCUT2D eigenvalue weighted by Crippen LogP contribution is -2.54. The average molecular weight is 388 g/mol. The number of likely N-dealkylation sites (tertiary alicyclic amines) is 1. The van der Waals surface area contributed by atoms with Crippen LogP contribution in [0.2, 0.25) is 0 Å². The van der Waals surface area contributed by atoms with Crippen molar-refractivity contribution in [2.75, 3.05) is 26.8 Å². The number of hydrogen-bond acceptors (Lipinski definition) is 5. The first-order valence-corrected chi connectivity index (χ1v) is 10.9. The van der Waals surface area contributed by atoms with E-state index < -0.39 is 5.79 Å². The Morgan fingerprint density at radius 3 is 2.79 bits per heavy atom. The van der Waals surface area contributed by atoms with E-state index in [1.807, 2.05) is 0 Å². The highest BCUT2D eigenvalue weighted by molar-refractivity contribution is 5.78. The van der Waals surface area contributed by atoms with Crippen molar-refractivity contribution in [2.45, 2.75) is 76.2 Å². The van der Waals surface area contributed by atoms with Crippen LogP contribution >= 0.6 is 0 Å². The molecule has 0 radical (unpaired) electrons. The number of hydrogen-bond donors (Lipinski definition) is 0. The number of ketones is 1. The van der Waals surface area contributed by atoms with Crippen molar-refractivity contribution in [1.82, 2.24) is 4.90 Å². The summed E-state index contributed by atoms with van der Waals surface area (Å²) >= 11 is 0. The van der Waals surface area contributed by atoms with Gasteiger partial charge in [-0.15, -0.1) is 0 Å². The molecule has 1 saturated carbocycles. The molecule has 1 spiro atoms. The van der Waals surface area contributed by atoms with Gasteiger partial charge in [-0.3, -0.25) is 9.69 Å². The predicted octanol–water partition coefficient (Wildman–Crippen LogP) is 3.87. The Morgan fingerprint density at radius 2 is 2.07 bits per heavy atom. The number of carbonyl (C=O) groups is 1. The molecule has 28 heavy (non-hydrogen) atoms. The molecule has 3 aliphatic rings. The molecule has 2 heterocycles. The Balaban J connectivity index is 1.29. The highest BCUT2D eigenvalue weighted by atomic mass is 16.7. The summed E-state index contributed by atoms with van der Waals surface area (Å²) in [4.78, 5) is 14.6. The molecule has 0 amide bonds. The fourth-order valence-electron chi connectivity index (χ4n) is 4.49. The van der Waals surface area contributed by atoms with Crippen LogP contribution in [0.25, 0.3) is 0 Å². The van der Waals surface area contributed by atoms with Crippen molar-refractivity contribution in [3.05, 3.63) is 29.3 Å². The third-order valence-electron chi connectivity index (χ3n) is 6.56. The normalized spacial score (nSPS) is 21.8. The smallest absolute Gasteiger partial charge is 0.213 e. The third-order valence-corrected chi connectivity index (χ3v) is 6.56. The number of piperidine rings is 1. The van der Waals surface area contributed by atoms with Crippen LogP contribution in [0.5, 0.6) is 5.75 Å². The van der Waals surface area contributed by atoms with Crippen LogP contribution < -0.4 is 4.74 Å². The average Bonchev–Trinajstić information content (AvgIpc) is 2.67. The van der Waals surface area contributed by atoms with E-state index in [0.717, 1.165) is 56.1 Å². The quantitative estimate of drug-likeness (QED) is 0.634. The summed E-state index contributed by atoms with van der Waals surface area (Å²) in [6, 6.07) is 7.12. The monoisotopic (exact) mass is 387 g/mol.